The van der Waals surface area contributed by atoms with Gasteiger partial charge in [-0.2, -0.15) is 0 Å². The van der Waals surface area contributed by atoms with Gasteiger partial charge in [-0.05, 0) is 37.1 Å². The smallest absolute Gasteiger partial charge is 0.228 e. The first kappa shape index (κ1) is 19.0. The van der Waals surface area contributed by atoms with Crippen molar-refractivity contribution in [2.45, 2.75) is 12.8 Å². The Hall–Kier alpha value is -2.36. The highest BCUT2D eigenvalue weighted by Crippen LogP contribution is 2.30. The topological polar surface area (TPSA) is 92.3 Å². The number of nitrogens with one attached hydrogen (secondary N) is 1. The van der Waals surface area contributed by atoms with Crippen molar-refractivity contribution >= 4 is 43.3 Å². The molecule has 0 saturated carbocycles. The largest absolute Gasteiger partial charge is 0.310 e. The van der Waals surface area contributed by atoms with Gasteiger partial charge in [-0.3, -0.25) is 4.79 Å². The van der Waals surface area contributed by atoms with E-state index in [0.29, 0.717) is 31.7 Å². The van der Waals surface area contributed by atoms with E-state index in [1.165, 1.54) is 10.6 Å². The molecule has 28 heavy (non-hydrogen) atoms. The SMILES string of the molecule is CS(=O)(=O)N1CCC(C(=O)Nc2ccc(-c3nc4ccccc4s3)cn2)CC1. The van der Waals surface area contributed by atoms with Crippen LogP contribution in [-0.4, -0.2) is 47.9 Å². The summed E-state index contributed by atoms with van der Waals surface area (Å²) in [5, 5.41) is 3.72. The summed E-state index contributed by atoms with van der Waals surface area (Å²) in [5.74, 6) is 0.164. The molecule has 0 spiro atoms. The molecule has 1 aliphatic rings. The zero-order valence-electron chi connectivity index (χ0n) is 15.3. The van der Waals surface area contributed by atoms with E-state index in [1.807, 2.05) is 30.3 Å². The lowest BCUT2D eigenvalue weighted by Gasteiger charge is -2.29. The molecule has 9 heteroatoms. The first-order chi connectivity index (χ1) is 13.4. The number of aromatic nitrogens is 2. The number of hydrogen-bond acceptors (Lipinski definition) is 6. The minimum absolute atomic E-state index is 0.117. The van der Waals surface area contributed by atoms with Gasteiger partial charge in [0.05, 0.1) is 16.5 Å². The van der Waals surface area contributed by atoms with Gasteiger partial charge in [0.25, 0.3) is 0 Å². The highest BCUT2D eigenvalue weighted by atomic mass is 32.2. The molecule has 1 amide bonds. The van der Waals surface area contributed by atoms with Crippen molar-refractivity contribution in [2.75, 3.05) is 24.7 Å². The summed E-state index contributed by atoms with van der Waals surface area (Å²) in [5.41, 5.74) is 1.86. The zero-order valence-corrected chi connectivity index (χ0v) is 17.0. The normalized spacial score (nSPS) is 16.3. The number of para-hydroxylation sites is 1. The number of sulfonamides is 1. The third kappa shape index (κ3) is 4.06. The van der Waals surface area contributed by atoms with Crippen LogP contribution in [0.3, 0.4) is 0 Å². The number of fused-ring (bicyclic) bond motifs is 1. The molecule has 1 fully saturated rings. The molecule has 0 unspecified atom stereocenters. The minimum atomic E-state index is -3.19. The minimum Gasteiger partial charge on any atom is -0.310 e. The van der Waals surface area contributed by atoms with Gasteiger partial charge >= 0.3 is 0 Å². The fourth-order valence-electron chi connectivity index (χ4n) is 3.27. The zero-order chi connectivity index (χ0) is 19.7. The fourth-order valence-corrected chi connectivity index (χ4v) is 5.10. The van der Waals surface area contributed by atoms with Crippen LogP contribution in [0.5, 0.6) is 0 Å². The van der Waals surface area contributed by atoms with Crippen LogP contribution in [0.4, 0.5) is 5.82 Å². The van der Waals surface area contributed by atoms with E-state index in [-0.39, 0.29) is 11.8 Å². The summed E-state index contributed by atoms with van der Waals surface area (Å²) >= 11 is 1.60. The van der Waals surface area contributed by atoms with E-state index in [1.54, 1.807) is 23.6 Å². The Bertz CT molecular complexity index is 1070. The van der Waals surface area contributed by atoms with Crippen molar-refractivity contribution in [2.24, 2.45) is 5.92 Å². The summed E-state index contributed by atoms with van der Waals surface area (Å²) in [6, 6.07) is 11.6. The van der Waals surface area contributed by atoms with Crippen LogP contribution in [0, 0.1) is 5.92 Å². The number of anilines is 1. The molecular formula is C19H20N4O3S2. The average Bonchev–Trinajstić information content (AvgIpc) is 3.12. The van der Waals surface area contributed by atoms with Crippen molar-refractivity contribution in [3.63, 3.8) is 0 Å². The third-order valence-electron chi connectivity index (χ3n) is 4.85. The molecule has 3 heterocycles. The molecule has 1 N–H and O–H groups in total. The van der Waals surface area contributed by atoms with Crippen LogP contribution in [0.25, 0.3) is 20.8 Å². The number of nitrogens with zero attached hydrogens (tertiary/aromatic N) is 3. The first-order valence-electron chi connectivity index (χ1n) is 8.98. The number of thiazole rings is 1. The maximum absolute atomic E-state index is 12.5. The summed E-state index contributed by atoms with van der Waals surface area (Å²) in [6.45, 7) is 0.752. The number of rotatable bonds is 4. The molecule has 146 valence electrons. The van der Waals surface area contributed by atoms with Gasteiger partial charge in [0.15, 0.2) is 0 Å². The number of carbonyl (C=O) groups is 1. The lowest BCUT2D eigenvalue weighted by molar-refractivity contribution is -0.120. The second-order valence-electron chi connectivity index (χ2n) is 6.84. The Morgan fingerprint density at radius 3 is 2.57 bits per heavy atom. The number of pyridine rings is 1. The molecule has 1 aliphatic heterocycles. The first-order valence-corrected chi connectivity index (χ1v) is 11.6. The van der Waals surface area contributed by atoms with Crippen LogP contribution < -0.4 is 5.32 Å². The molecule has 1 aromatic carbocycles. The lowest BCUT2D eigenvalue weighted by Crippen LogP contribution is -2.40. The number of amides is 1. The van der Waals surface area contributed by atoms with Gasteiger partial charge in [-0.25, -0.2) is 22.7 Å². The van der Waals surface area contributed by atoms with E-state index in [4.69, 9.17) is 0 Å². The van der Waals surface area contributed by atoms with Crippen molar-refractivity contribution in [3.8, 4) is 10.6 Å². The Morgan fingerprint density at radius 1 is 1.18 bits per heavy atom. The monoisotopic (exact) mass is 416 g/mol. The van der Waals surface area contributed by atoms with Gasteiger partial charge in [0.2, 0.25) is 15.9 Å². The molecule has 0 radical (unpaired) electrons. The average molecular weight is 417 g/mol. The number of piperidine rings is 1. The molecule has 4 rings (SSSR count). The van der Waals surface area contributed by atoms with Crippen LogP contribution in [-0.2, 0) is 14.8 Å². The predicted octanol–water partition coefficient (Wildman–Crippen LogP) is 2.97. The Labute approximate surface area is 167 Å². The quantitative estimate of drug-likeness (QED) is 0.706. The predicted molar refractivity (Wildman–Crippen MR) is 111 cm³/mol. The van der Waals surface area contributed by atoms with Gasteiger partial charge in [0.1, 0.15) is 10.8 Å². The molecule has 0 bridgehead atoms. The van der Waals surface area contributed by atoms with E-state index in [2.05, 4.69) is 15.3 Å². The molecule has 1 saturated heterocycles. The molecule has 0 atom stereocenters. The molecule has 2 aromatic heterocycles. The van der Waals surface area contributed by atoms with Crippen LogP contribution in [0.2, 0.25) is 0 Å². The second-order valence-corrected chi connectivity index (χ2v) is 9.86. The van der Waals surface area contributed by atoms with Gasteiger partial charge in [-0.15, -0.1) is 11.3 Å². The molecule has 7 nitrogen and oxygen atoms in total. The van der Waals surface area contributed by atoms with E-state index >= 15 is 0 Å². The molecule has 3 aromatic rings. The standard InChI is InChI=1S/C19H20N4O3S2/c1-28(25,26)23-10-8-13(9-11-23)18(24)22-17-7-6-14(12-20-17)19-21-15-4-2-3-5-16(15)27-19/h2-7,12-13H,8-11H2,1H3,(H,20,22,24). The molecule has 0 aliphatic carbocycles. The summed E-state index contributed by atoms with van der Waals surface area (Å²) in [7, 11) is -3.19. The van der Waals surface area contributed by atoms with Crippen molar-refractivity contribution in [1.82, 2.24) is 14.3 Å². The van der Waals surface area contributed by atoms with Crippen molar-refractivity contribution in [1.29, 1.82) is 0 Å². The second kappa shape index (κ2) is 7.57. The van der Waals surface area contributed by atoms with Crippen molar-refractivity contribution in [3.05, 3.63) is 42.6 Å². The maximum Gasteiger partial charge on any atom is 0.228 e. The summed E-state index contributed by atoms with van der Waals surface area (Å²) in [4.78, 5) is 21.4. The third-order valence-corrected chi connectivity index (χ3v) is 7.24. The van der Waals surface area contributed by atoms with Crippen LogP contribution >= 0.6 is 11.3 Å². The number of carbonyl (C=O) groups excluding carboxylic acids is 1. The molecular weight excluding hydrogens is 396 g/mol. The Balaban J connectivity index is 1.40. The van der Waals surface area contributed by atoms with E-state index in [0.717, 1.165) is 20.8 Å². The van der Waals surface area contributed by atoms with Gasteiger partial charge < -0.3 is 5.32 Å². The number of benzene rings is 1. The summed E-state index contributed by atoms with van der Waals surface area (Å²) in [6.07, 6.45) is 3.94. The Morgan fingerprint density at radius 2 is 1.93 bits per heavy atom. The number of hydrogen-bond donors (Lipinski definition) is 1. The fraction of sp³-hybridized carbons (Fsp3) is 0.316. The van der Waals surface area contributed by atoms with Crippen molar-refractivity contribution < 1.29 is 13.2 Å². The highest BCUT2D eigenvalue weighted by molar-refractivity contribution is 7.88. The van der Waals surface area contributed by atoms with Gasteiger partial charge in [0, 0.05) is 30.8 Å². The summed E-state index contributed by atoms with van der Waals surface area (Å²) < 4.78 is 25.7. The van der Waals surface area contributed by atoms with Crippen LogP contribution in [0.15, 0.2) is 42.6 Å². The Kier molecular flexibility index (Phi) is 5.13. The maximum atomic E-state index is 12.5. The highest BCUT2D eigenvalue weighted by Gasteiger charge is 2.29. The van der Waals surface area contributed by atoms with Crippen LogP contribution in [0.1, 0.15) is 12.8 Å². The van der Waals surface area contributed by atoms with E-state index in [9.17, 15) is 13.2 Å². The van der Waals surface area contributed by atoms with E-state index < -0.39 is 10.0 Å². The lowest BCUT2D eigenvalue weighted by atomic mass is 9.97. The van der Waals surface area contributed by atoms with Gasteiger partial charge in [-0.1, -0.05) is 12.1 Å².